The summed E-state index contributed by atoms with van der Waals surface area (Å²) in [6.45, 7) is 10.8. The van der Waals surface area contributed by atoms with E-state index in [0.717, 1.165) is 11.4 Å². The Kier molecular flexibility index (Phi) is 6.84. The van der Waals surface area contributed by atoms with Crippen molar-refractivity contribution in [3.63, 3.8) is 0 Å². The second-order valence-electron chi connectivity index (χ2n) is 8.11. The van der Waals surface area contributed by atoms with Gasteiger partial charge in [-0.15, -0.1) is 0 Å². The van der Waals surface area contributed by atoms with E-state index in [2.05, 4.69) is 36.7 Å². The summed E-state index contributed by atoms with van der Waals surface area (Å²) >= 11 is 0. The van der Waals surface area contributed by atoms with Gasteiger partial charge in [0.05, 0.1) is 5.60 Å². The molecule has 6 nitrogen and oxygen atoms in total. The van der Waals surface area contributed by atoms with Gasteiger partial charge in [-0.05, 0) is 20.8 Å². The van der Waals surface area contributed by atoms with Crippen molar-refractivity contribution in [3.05, 3.63) is 46.9 Å². The van der Waals surface area contributed by atoms with Crippen molar-refractivity contribution < 1.29 is 9.53 Å². The van der Waals surface area contributed by atoms with Crippen LogP contribution in [0.15, 0.2) is 30.4 Å². The third-order valence-electron chi connectivity index (χ3n) is 4.46. The molecule has 2 aromatic rings. The Labute approximate surface area is 162 Å². The van der Waals surface area contributed by atoms with Crippen molar-refractivity contribution in [1.82, 2.24) is 9.41 Å². The SMILES string of the molecule is COC(C)(C)C.Cc1cc(C2CC2)cn2cc(CN(N)/C=C(\N)C=O)bc12. The molecule has 1 aliphatic carbocycles. The van der Waals surface area contributed by atoms with Gasteiger partial charge in [-0.1, -0.05) is 0 Å². The van der Waals surface area contributed by atoms with Gasteiger partial charge in [0.2, 0.25) is 0 Å². The Morgan fingerprint density at radius 3 is 2.56 bits per heavy atom. The summed E-state index contributed by atoms with van der Waals surface area (Å²) in [5, 5.41) is 1.43. The molecule has 3 rings (SSSR count). The van der Waals surface area contributed by atoms with Gasteiger partial charge in [-0.3, -0.25) is 0 Å². The van der Waals surface area contributed by atoms with Crippen LogP contribution in [-0.2, 0) is 16.1 Å². The van der Waals surface area contributed by atoms with E-state index in [-0.39, 0.29) is 11.3 Å². The minimum atomic E-state index is 0.0417. The molecule has 0 saturated heterocycles. The number of nitrogens with zero attached hydrogens (tertiary/aromatic N) is 2. The van der Waals surface area contributed by atoms with Gasteiger partial charge in [-0.2, -0.15) is 0 Å². The maximum absolute atomic E-state index is 10.5. The Bertz CT molecular complexity index is 819. The van der Waals surface area contributed by atoms with Gasteiger partial charge in [0.1, 0.15) is 0 Å². The molecule has 0 spiro atoms. The fourth-order valence-corrected chi connectivity index (χ4v) is 2.69. The average Bonchev–Trinajstić information content (AvgIpc) is 3.35. The van der Waals surface area contributed by atoms with E-state index in [1.807, 2.05) is 20.8 Å². The number of carbonyl (C=O) groups is 1. The summed E-state index contributed by atoms with van der Waals surface area (Å²) < 4.78 is 7.10. The third kappa shape index (κ3) is 6.52. The molecule has 0 bridgehead atoms. The number of aldehydes is 1. The minimum absolute atomic E-state index is 0.0417. The Balaban J connectivity index is 0.000000380. The normalized spacial score (nSPS) is 14.5. The average molecular weight is 370 g/mol. The van der Waals surface area contributed by atoms with E-state index in [4.69, 9.17) is 16.3 Å². The van der Waals surface area contributed by atoms with Crippen molar-refractivity contribution in [2.75, 3.05) is 7.11 Å². The fraction of sp³-hybridized carbons (Fsp3) is 0.500. The molecule has 146 valence electrons. The number of hydrogen-bond donors (Lipinski definition) is 2. The molecule has 27 heavy (non-hydrogen) atoms. The molecule has 1 fully saturated rings. The van der Waals surface area contributed by atoms with E-state index >= 15 is 0 Å². The van der Waals surface area contributed by atoms with Crippen molar-refractivity contribution >= 4 is 18.6 Å². The molecule has 2 aromatic heterocycles. The summed E-state index contributed by atoms with van der Waals surface area (Å²) in [6, 6.07) is 2.28. The molecule has 1 aliphatic rings. The summed E-state index contributed by atoms with van der Waals surface area (Å²) in [6.07, 6.45) is 8.91. The molecule has 0 aliphatic heterocycles. The number of aryl methyl sites for hydroxylation is 1. The van der Waals surface area contributed by atoms with Crippen LogP contribution in [0.1, 0.15) is 56.1 Å². The van der Waals surface area contributed by atoms with E-state index in [1.54, 1.807) is 7.11 Å². The molecule has 0 radical (unpaired) electrons. The first-order valence-electron chi connectivity index (χ1n) is 9.23. The molecule has 2 heterocycles. The van der Waals surface area contributed by atoms with Gasteiger partial charge in [0.15, 0.2) is 0 Å². The summed E-state index contributed by atoms with van der Waals surface area (Å²) in [5.74, 6) is 6.58. The molecular formula is C20H31BN4O2. The van der Waals surface area contributed by atoms with E-state index in [1.165, 1.54) is 40.6 Å². The number of hydrogen-bond acceptors (Lipinski definition) is 5. The molecule has 0 atom stereocenters. The standard InChI is InChI=1S/C15H19BN4O.C5H12O/c1-10-4-12(11-2-3-11)5-19-6-13(16-15(10)19)7-20(18)8-14(17)9-21;1-5(2,3)6-4/h4-6,8-9,11H,2-3,7,17-18H2,1H3;1-4H3/b14-8-;. The predicted octanol–water partition coefficient (Wildman–Crippen LogP) is 2.57. The number of hydrazine groups is 1. The second kappa shape index (κ2) is 8.72. The number of ether oxygens (including phenoxy) is 1. The maximum atomic E-state index is 10.5. The predicted molar refractivity (Wildman–Crippen MR) is 110 cm³/mol. The van der Waals surface area contributed by atoms with Crippen LogP contribution in [-0.4, -0.2) is 35.3 Å². The molecule has 0 amide bonds. The number of rotatable bonds is 5. The molecule has 1 saturated carbocycles. The van der Waals surface area contributed by atoms with Gasteiger partial charge in [0.25, 0.3) is 0 Å². The van der Waals surface area contributed by atoms with E-state index in [0.29, 0.717) is 12.8 Å². The monoisotopic (exact) mass is 370 g/mol. The fourth-order valence-electron chi connectivity index (χ4n) is 2.69. The first-order chi connectivity index (χ1) is 12.6. The van der Waals surface area contributed by atoms with Crippen molar-refractivity contribution in [2.45, 2.75) is 58.6 Å². The number of fused-ring (bicyclic) bond motifs is 1. The van der Waals surface area contributed by atoms with Crippen LogP contribution < -0.4 is 11.6 Å². The van der Waals surface area contributed by atoms with Crippen molar-refractivity contribution in [1.29, 1.82) is 0 Å². The molecule has 0 unspecified atom stereocenters. The zero-order chi connectivity index (χ0) is 20.2. The number of nitrogens with two attached hydrogens (primary N) is 2. The van der Waals surface area contributed by atoms with Crippen molar-refractivity contribution in [3.8, 4) is 0 Å². The number of pyridine rings is 1. The van der Waals surface area contributed by atoms with Crippen LogP contribution in [0.5, 0.6) is 0 Å². The molecular weight excluding hydrogens is 339 g/mol. The van der Waals surface area contributed by atoms with Gasteiger partial charge >= 0.3 is 124 Å². The zero-order valence-corrected chi connectivity index (χ0v) is 17.0. The third-order valence-corrected chi connectivity index (χ3v) is 4.46. The zero-order valence-electron chi connectivity index (χ0n) is 17.0. The van der Waals surface area contributed by atoms with Gasteiger partial charge in [0, 0.05) is 7.11 Å². The number of allylic oxidation sites excluding steroid dienone is 1. The van der Waals surface area contributed by atoms with Crippen molar-refractivity contribution in [2.24, 2.45) is 11.6 Å². The summed E-state index contributed by atoms with van der Waals surface area (Å²) in [4.78, 5) is 10.5. The first-order valence-corrected chi connectivity index (χ1v) is 9.23. The van der Waals surface area contributed by atoms with Crippen LogP contribution >= 0.6 is 0 Å². The van der Waals surface area contributed by atoms with Crippen LogP contribution in [0, 0.1) is 6.92 Å². The van der Waals surface area contributed by atoms with E-state index in [9.17, 15) is 4.79 Å². The number of methoxy groups -OCH3 is 1. The second-order valence-corrected chi connectivity index (χ2v) is 8.11. The molecule has 4 N–H and O–H groups in total. The molecule has 0 aromatic carbocycles. The topological polar surface area (TPSA) is 86.0 Å². The Morgan fingerprint density at radius 1 is 1.41 bits per heavy atom. The summed E-state index contributed by atoms with van der Waals surface area (Å²) in [5.41, 5.74) is 10.6. The first kappa shape index (κ1) is 21.2. The van der Waals surface area contributed by atoms with Gasteiger partial charge in [-0.25, -0.2) is 0 Å². The van der Waals surface area contributed by atoms with Gasteiger partial charge < -0.3 is 4.74 Å². The van der Waals surface area contributed by atoms with E-state index < -0.39 is 0 Å². The quantitative estimate of drug-likeness (QED) is 0.366. The molecule has 7 heteroatoms. The Morgan fingerprint density at radius 2 is 2.04 bits per heavy atom. The summed E-state index contributed by atoms with van der Waals surface area (Å²) in [7, 11) is 1.71. The van der Waals surface area contributed by atoms with Crippen LogP contribution in [0.2, 0.25) is 0 Å². The van der Waals surface area contributed by atoms with Crippen LogP contribution in [0.4, 0.5) is 0 Å². The van der Waals surface area contributed by atoms with Crippen LogP contribution in [0.3, 0.4) is 0 Å². The van der Waals surface area contributed by atoms with Crippen LogP contribution in [0.25, 0.3) is 5.41 Å². The number of carbonyl (C=O) groups excluding carboxylic acids is 1. The Hall–Kier alpha value is -2.12. The number of aromatic nitrogens is 1.